The molecule has 0 saturated carbocycles. The molecule has 1 unspecified atom stereocenters. The van der Waals surface area contributed by atoms with Crippen LogP contribution in [0, 0.1) is 5.92 Å². The summed E-state index contributed by atoms with van der Waals surface area (Å²) in [6.45, 7) is 3.45. The molecule has 1 atom stereocenters. The van der Waals surface area contributed by atoms with Gasteiger partial charge in [0.25, 0.3) is 0 Å². The van der Waals surface area contributed by atoms with E-state index < -0.39 is 10.0 Å². The third-order valence-corrected chi connectivity index (χ3v) is 5.47. The van der Waals surface area contributed by atoms with Gasteiger partial charge < -0.3 is 10.6 Å². The minimum Gasteiger partial charge on any atom is -0.356 e. The minimum absolute atomic E-state index is 0.110. The van der Waals surface area contributed by atoms with Crippen LogP contribution in [0.25, 0.3) is 0 Å². The standard InChI is InChI=1S/C17H24N4O2S2/c1-13(9-15-6-4-8-24-15)11-20-17(19-2)21-12-14-5-3-7-16(10-14)25(18,22)23/h3-8,10,13H,9,11-12H2,1-2H3,(H2,18,22,23)(H2,19,20,21). The van der Waals surface area contributed by atoms with Gasteiger partial charge in [0.2, 0.25) is 10.0 Å². The fourth-order valence-corrected chi connectivity index (χ4v) is 3.81. The molecule has 2 aromatic rings. The molecule has 8 heteroatoms. The van der Waals surface area contributed by atoms with Crippen molar-refractivity contribution >= 4 is 27.3 Å². The van der Waals surface area contributed by atoms with Crippen molar-refractivity contribution in [3.05, 3.63) is 52.2 Å². The van der Waals surface area contributed by atoms with Crippen LogP contribution in [0.2, 0.25) is 0 Å². The molecule has 136 valence electrons. The van der Waals surface area contributed by atoms with Gasteiger partial charge in [0, 0.05) is 25.0 Å². The summed E-state index contributed by atoms with van der Waals surface area (Å²) in [6, 6.07) is 10.8. The maximum Gasteiger partial charge on any atom is 0.238 e. The van der Waals surface area contributed by atoms with Crippen LogP contribution < -0.4 is 15.8 Å². The normalized spacial score (nSPS) is 13.5. The van der Waals surface area contributed by atoms with Gasteiger partial charge in [0.1, 0.15) is 0 Å². The van der Waals surface area contributed by atoms with Gasteiger partial charge in [0.15, 0.2) is 5.96 Å². The predicted octanol–water partition coefficient (Wildman–Crippen LogP) is 1.94. The number of nitrogens with one attached hydrogen (secondary N) is 2. The summed E-state index contributed by atoms with van der Waals surface area (Å²) in [7, 11) is -1.98. The third kappa shape index (κ3) is 6.49. The monoisotopic (exact) mass is 380 g/mol. The number of thiophene rings is 1. The Morgan fingerprint density at radius 1 is 1.28 bits per heavy atom. The van der Waals surface area contributed by atoms with Crippen molar-refractivity contribution in [2.24, 2.45) is 16.0 Å². The Balaban J connectivity index is 1.84. The molecule has 0 aliphatic rings. The fourth-order valence-electron chi connectivity index (χ4n) is 2.35. The smallest absolute Gasteiger partial charge is 0.238 e. The van der Waals surface area contributed by atoms with Gasteiger partial charge in [0.05, 0.1) is 4.90 Å². The zero-order chi connectivity index (χ0) is 18.3. The largest absolute Gasteiger partial charge is 0.356 e. The molecule has 2 rings (SSSR count). The number of aliphatic imine (C=N–C) groups is 1. The molecule has 25 heavy (non-hydrogen) atoms. The van der Waals surface area contributed by atoms with E-state index in [4.69, 9.17) is 5.14 Å². The SMILES string of the molecule is CN=C(NCc1cccc(S(N)(=O)=O)c1)NCC(C)Cc1cccs1. The highest BCUT2D eigenvalue weighted by Crippen LogP contribution is 2.13. The molecule has 4 N–H and O–H groups in total. The van der Waals surface area contributed by atoms with Gasteiger partial charge >= 0.3 is 0 Å². The number of nitrogens with two attached hydrogens (primary N) is 1. The number of nitrogens with zero attached hydrogens (tertiary/aromatic N) is 1. The second-order valence-corrected chi connectivity index (χ2v) is 8.48. The molecule has 0 aliphatic carbocycles. The van der Waals surface area contributed by atoms with Crippen LogP contribution in [0.15, 0.2) is 51.7 Å². The van der Waals surface area contributed by atoms with E-state index in [0.717, 1.165) is 18.5 Å². The highest BCUT2D eigenvalue weighted by atomic mass is 32.2. The first-order valence-electron chi connectivity index (χ1n) is 7.97. The fraction of sp³-hybridized carbons (Fsp3) is 0.353. The number of guanidine groups is 1. The van der Waals surface area contributed by atoms with Crippen molar-refractivity contribution in [3.63, 3.8) is 0 Å². The summed E-state index contributed by atoms with van der Waals surface area (Å²) >= 11 is 1.77. The second kappa shape index (κ2) is 8.98. The molecular weight excluding hydrogens is 356 g/mol. The molecule has 1 heterocycles. The van der Waals surface area contributed by atoms with E-state index in [1.54, 1.807) is 30.5 Å². The van der Waals surface area contributed by atoms with Crippen LogP contribution in [0.3, 0.4) is 0 Å². The lowest BCUT2D eigenvalue weighted by Crippen LogP contribution is -2.39. The minimum atomic E-state index is -3.69. The van der Waals surface area contributed by atoms with Crippen LogP contribution >= 0.6 is 11.3 Å². The predicted molar refractivity (Wildman–Crippen MR) is 103 cm³/mol. The van der Waals surface area contributed by atoms with E-state index in [9.17, 15) is 8.42 Å². The molecule has 0 amide bonds. The second-order valence-electron chi connectivity index (χ2n) is 5.89. The van der Waals surface area contributed by atoms with E-state index in [1.807, 2.05) is 6.07 Å². The highest BCUT2D eigenvalue weighted by molar-refractivity contribution is 7.89. The van der Waals surface area contributed by atoms with Gasteiger partial charge in [-0.05, 0) is 41.5 Å². The van der Waals surface area contributed by atoms with Gasteiger partial charge in [-0.25, -0.2) is 13.6 Å². The van der Waals surface area contributed by atoms with Crippen LogP contribution in [0.4, 0.5) is 0 Å². The van der Waals surface area contributed by atoms with Gasteiger partial charge in [-0.3, -0.25) is 4.99 Å². The van der Waals surface area contributed by atoms with Crippen LogP contribution in [-0.4, -0.2) is 28.0 Å². The average Bonchev–Trinajstić information content (AvgIpc) is 3.07. The lowest BCUT2D eigenvalue weighted by atomic mass is 10.1. The van der Waals surface area contributed by atoms with E-state index in [2.05, 4.69) is 40.1 Å². The van der Waals surface area contributed by atoms with Crippen molar-refractivity contribution in [2.45, 2.75) is 24.8 Å². The summed E-state index contributed by atoms with van der Waals surface area (Å²) in [6.07, 6.45) is 1.03. The van der Waals surface area contributed by atoms with E-state index in [0.29, 0.717) is 18.4 Å². The van der Waals surface area contributed by atoms with E-state index >= 15 is 0 Å². The third-order valence-electron chi connectivity index (χ3n) is 3.66. The Hall–Kier alpha value is -1.90. The summed E-state index contributed by atoms with van der Waals surface area (Å²) in [5.74, 6) is 1.15. The van der Waals surface area contributed by atoms with E-state index in [-0.39, 0.29) is 4.90 Å². The number of hydrogen-bond donors (Lipinski definition) is 3. The molecule has 0 aliphatic heterocycles. The topological polar surface area (TPSA) is 96.6 Å². The van der Waals surface area contributed by atoms with Crippen molar-refractivity contribution in [1.29, 1.82) is 0 Å². The first kappa shape index (κ1) is 19.4. The van der Waals surface area contributed by atoms with Crippen molar-refractivity contribution in [3.8, 4) is 0 Å². The number of primary sulfonamides is 1. The maximum atomic E-state index is 11.4. The zero-order valence-electron chi connectivity index (χ0n) is 14.4. The van der Waals surface area contributed by atoms with Crippen molar-refractivity contribution < 1.29 is 8.42 Å². The first-order valence-corrected chi connectivity index (χ1v) is 10.4. The Kier molecular flexibility index (Phi) is 6.98. The van der Waals surface area contributed by atoms with E-state index in [1.165, 1.54) is 10.9 Å². The van der Waals surface area contributed by atoms with Gasteiger partial charge in [-0.15, -0.1) is 11.3 Å². The molecule has 0 saturated heterocycles. The number of sulfonamides is 1. The summed E-state index contributed by atoms with van der Waals surface area (Å²) in [5.41, 5.74) is 0.820. The van der Waals surface area contributed by atoms with Crippen LogP contribution in [0.5, 0.6) is 0 Å². The van der Waals surface area contributed by atoms with Crippen molar-refractivity contribution in [1.82, 2.24) is 10.6 Å². The number of benzene rings is 1. The summed E-state index contributed by atoms with van der Waals surface area (Å²) < 4.78 is 22.8. The molecule has 1 aromatic heterocycles. The zero-order valence-corrected chi connectivity index (χ0v) is 16.0. The first-order chi connectivity index (χ1) is 11.9. The molecule has 0 spiro atoms. The average molecular weight is 381 g/mol. The number of hydrogen-bond acceptors (Lipinski definition) is 4. The molecule has 1 aromatic carbocycles. The van der Waals surface area contributed by atoms with Crippen LogP contribution in [-0.2, 0) is 23.0 Å². The Morgan fingerprint density at radius 3 is 2.72 bits per heavy atom. The van der Waals surface area contributed by atoms with Gasteiger partial charge in [-0.1, -0.05) is 25.1 Å². The van der Waals surface area contributed by atoms with Crippen LogP contribution in [0.1, 0.15) is 17.4 Å². The van der Waals surface area contributed by atoms with Gasteiger partial charge in [-0.2, -0.15) is 0 Å². The number of rotatable bonds is 7. The Labute approximate surface area is 153 Å². The summed E-state index contributed by atoms with van der Waals surface area (Å²) in [4.78, 5) is 5.68. The maximum absolute atomic E-state index is 11.4. The lowest BCUT2D eigenvalue weighted by Gasteiger charge is -2.16. The summed E-state index contributed by atoms with van der Waals surface area (Å²) in [5, 5.41) is 13.7. The quantitative estimate of drug-likeness (QED) is 0.505. The Morgan fingerprint density at radius 2 is 2.08 bits per heavy atom. The molecule has 0 bridgehead atoms. The highest BCUT2D eigenvalue weighted by Gasteiger charge is 2.09. The molecule has 0 fully saturated rings. The molecule has 6 nitrogen and oxygen atoms in total. The molecule has 0 radical (unpaired) electrons. The molecular formula is C17H24N4O2S2. The lowest BCUT2D eigenvalue weighted by molar-refractivity contribution is 0.562. The van der Waals surface area contributed by atoms with Crippen molar-refractivity contribution in [2.75, 3.05) is 13.6 Å². The Bertz CT molecular complexity index is 802.